The normalized spacial score (nSPS) is 37.4. The molecule has 0 spiro atoms. The van der Waals surface area contributed by atoms with E-state index in [4.69, 9.17) is 4.42 Å². The SMILES string of the molecule is C=C1CC[C@@H]2[C@@](C)(CCC[C@@]2(C)C(=O)O)[C@H]1CCc1ccoc1. The van der Waals surface area contributed by atoms with Crippen molar-refractivity contribution in [2.24, 2.45) is 22.7 Å². The van der Waals surface area contributed by atoms with Gasteiger partial charge in [0.1, 0.15) is 0 Å². The second-order valence-electron chi connectivity index (χ2n) is 8.05. The van der Waals surface area contributed by atoms with Crippen molar-refractivity contribution >= 4 is 5.97 Å². The van der Waals surface area contributed by atoms with E-state index in [1.165, 1.54) is 11.1 Å². The molecular weight excluding hydrogens is 288 g/mol. The molecule has 2 fully saturated rings. The second kappa shape index (κ2) is 5.85. The van der Waals surface area contributed by atoms with Crippen LogP contribution in [-0.4, -0.2) is 11.1 Å². The number of fused-ring (bicyclic) bond motifs is 1. The van der Waals surface area contributed by atoms with Crippen LogP contribution in [0.1, 0.15) is 57.9 Å². The van der Waals surface area contributed by atoms with Crippen LogP contribution in [0.2, 0.25) is 0 Å². The van der Waals surface area contributed by atoms with Crippen molar-refractivity contribution in [3.8, 4) is 0 Å². The molecule has 0 radical (unpaired) electrons. The van der Waals surface area contributed by atoms with Gasteiger partial charge in [0.25, 0.3) is 0 Å². The largest absolute Gasteiger partial charge is 0.481 e. The molecular formula is C20H28O3. The molecule has 2 saturated carbocycles. The molecule has 0 saturated heterocycles. The van der Waals surface area contributed by atoms with E-state index in [2.05, 4.69) is 13.5 Å². The van der Waals surface area contributed by atoms with E-state index < -0.39 is 11.4 Å². The lowest BCUT2D eigenvalue weighted by molar-refractivity contribution is -0.164. The topological polar surface area (TPSA) is 50.4 Å². The van der Waals surface area contributed by atoms with Crippen LogP contribution in [0, 0.1) is 22.7 Å². The molecule has 3 nitrogen and oxygen atoms in total. The smallest absolute Gasteiger partial charge is 0.309 e. The monoisotopic (exact) mass is 316 g/mol. The molecule has 2 aliphatic rings. The molecule has 3 rings (SSSR count). The van der Waals surface area contributed by atoms with Gasteiger partial charge in [-0.05, 0) is 74.3 Å². The van der Waals surface area contributed by atoms with Crippen LogP contribution < -0.4 is 0 Å². The van der Waals surface area contributed by atoms with Gasteiger partial charge in [0.15, 0.2) is 0 Å². The Kier molecular flexibility index (Phi) is 4.16. The highest BCUT2D eigenvalue weighted by molar-refractivity contribution is 5.75. The maximum absolute atomic E-state index is 12.0. The molecule has 1 N–H and O–H groups in total. The van der Waals surface area contributed by atoms with Gasteiger partial charge < -0.3 is 9.52 Å². The number of allylic oxidation sites excluding steroid dienone is 1. The lowest BCUT2D eigenvalue weighted by Gasteiger charge is -2.57. The third-order valence-electron chi connectivity index (χ3n) is 6.81. The summed E-state index contributed by atoms with van der Waals surface area (Å²) in [5.74, 6) is 0.0470. The number of aryl methyl sites for hydroxylation is 1. The summed E-state index contributed by atoms with van der Waals surface area (Å²) in [7, 11) is 0. The Morgan fingerprint density at radius 3 is 2.87 bits per heavy atom. The van der Waals surface area contributed by atoms with E-state index in [-0.39, 0.29) is 11.3 Å². The zero-order chi connectivity index (χ0) is 16.7. The molecule has 1 heterocycles. The Balaban J connectivity index is 1.86. The summed E-state index contributed by atoms with van der Waals surface area (Å²) >= 11 is 0. The maximum Gasteiger partial charge on any atom is 0.309 e. The highest BCUT2D eigenvalue weighted by Crippen LogP contribution is 2.61. The molecule has 0 aromatic carbocycles. The van der Waals surface area contributed by atoms with E-state index in [1.807, 2.05) is 19.3 Å². The van der Waals surface area contributed by atoms with Gasteiger partial charge in [-0.15, -0.1) is 0 Å². The van der Waals surface area contributed by atoms with Crippen LogP contribution in [0.25, 0.3) is 0 Å². The highest BCUT2D eigenvalue weighted by atomic mass is 16.4. The van der Waals surface area contributed by atoms with E-state index in [0.717, 1.165) is 44.9 Å². The Bertz CT molecular complexity index is 588. The molecule has 1 aromatic rings. The quantitative estimate of drug-likeness (QED) is 0.788. The fourth-order valence-corrected chi connectivity index (χ4v) is 5.48. The fraction of sp³-hybridized carbons (Fsp3) is 0.650. The third kappa shape index (κ3) is 2.64. The minimum absolute atomic E-state index is 0.0600. The number of hydrogen-bond donors (Lipinski definition) is 1. The average molecular weight is 316 g/mol. The molecule has 23 heavy (non-hydrogen) atoms. The van der Waals surface area contributed by atoms with Gasteiger partial charge >= 0.3 is 5.97 Å². The standard InChI is InChI=1S/C20H28O3/c1-14-5-8-17-19(2,10-4-11-20(17,3)18(21)22)16(14)7-6-15-9-12-23-13-15/h9,12-13,16-17H,1,4-8,10-11H2,2-3H3,(H,21,22)/t16-,17+,19-,20+/m0/s1. The number of hydrogen-bond acceptors (Lipinski definition) is 2. The van der Waals surface area contributed by atoms with Crippen molar-refractivity contribution in [3.05, 3.63) is 36.3 Å². The summed E-state index contributed by atoms with van der Waals surface area (Å²) in [5, 5.41) is 9.85. The molecule has 0 bridgehead atoms. The maximum atomic E-state index is 12.0. The summed E-state index contributed by atoms with van der Waals surface area (Å²) in [4.78, 5) is 12.0. The van der Waals surface area contributed by atoms with Gasteiger partial charge in [0, 0.05) is 0 Å². The number of carboxylic acid groups (broad SMARTS) is 1. The molecule has 0 unspecified atom stereocenters. The first-order chi connectivity index (χ1) is 10.9. The van der Waals surface area contributed by atoms with Gasteiger partial charge in [0.05, 0.1) is 17.9 Å². The summed E-state index contributed by atoms with van der Waals surface area (Å²) in [6, 6.07) is 2.02. The summed E-state index contributed by atoms with van der Waals surface area (Å²) in [5.41, 5.74) is 2.02. The number of carboxylic acids is 1. The lowest BCUT2D eigenvalue weighted by atomic mass is 9.46. The van der Waals surface area contributed by atoms with Gasteiger partial charge in [-0.2, -0.15) is 0 Å². The summed E-state index contributed by atoms with van der Waals surface area (Å²) in [6.07, 6.45) is 10.4. The zero-order valence-electron chi connectivity index (χ0n) is 14.3. The Hall–Kier alpha value is -1.51. The molecule has 0 amide bonds. The van der Waals surface area contributed by atoms with Crippen LogP contribution in [0.15, 0.2) is 35.2 Å². The summed E-state index contributed by atoms with van der Waals surface area (Å²) < 4.78 is 5.18. The lowest BCUT2D eigenvalue weighted by Crippen LogP contribution is -2.53. The van der Waals surface area contributed by atoms with E-state index in [9.17, 15) is 9.90 Å². The molecule has 4 atom stereocenters. The van der Waals surface area contributed by atoms with Crippen molar-refractivity contribution < 1.29 is 14.3 Å². The van der Waals surface area contributed by atoms with Crippen molar-refractivity contribution in [2.45, 2.75) is 58.8 Å². The molecule has 2 aliphatic carbocycles. The predicted octanol–water partition coefficient (Wildman–Crippen LogP) is 5.08. The second-order valence-corrected chi connectivity index (χ2v) is 8.05. The molecule has 0 aliphatic heterocycles. The molecule has 1 aromatic heterocycles. The Morgan fingerprint density at radius 2 is 2.22 bits per heavy atom. The van der Waals surface area contributed by atoms with E-state index in [0.29, 0.717) is 5.92 Å². The van der Waals surface area contributed by atoms with Crippen LogP contribution in [0.4, 0.5) is 0 Å². The first-order valence-electron chi connectivity index (χ1n) is 8.80. The van der Waals surface area contributed by atoms with E-state index >= 15 is 0 Å². The van der Waals surface area contributed by atoms with Gasteiger partial charge in [-0.3, -0.25) is 4.79 Å². The average Bonchev–Trinajstić information content (AvgIpc) is 2.99. The number of rotatable bonds is 4. The number of furan rings is 1. The predicted molar refractivity (Wildman–Crippen MR) is 90.1 cm³/mol. The first-order valence-corrected chi connectivity index (χ1v) is 8.80. The zero-order valence-corrected chi connectivity index (χ0v) is 14.3. The molecule has 126 valence electrons. The summed E-state index contributed by atoms with van der Waals surface area (Å²) in [6.45, 7) is 8.65. The van der Waals surface area contributed by atoms with Crippen molar-refractivity contribution in [2.75, 3.05) is 0 Å². The van der Waals surface area contributed by atoms with Crippen molar-refractivity contribution in [1.29, 1.82) is 0 Å². The third-order valence-corrected chi connectivity index (χ3v) is 6.81. The number of carbonyl (C=O) groups is 1. The van der Waals surface area contributed by atoms with Crippen LogP contribution in [0.3, 0.4) is 0 Å². The van der Waals surface area contributed by atoms with Crippen LogP contribution in [0.5, 0.6) is 0 Å². The number of aliphatic carboxylic acids is 1. The van der Waals surface area contributed by atoms with Crippen molar-refractivity contribution in [3.63, 3.8) is 0 Å². The minimum Gasteiger partial charge on any atom is -0.481 e. The van der Waals surface area contributed by atoms with E-state index in [1.54, 1.807) is 6.26 Å². The Morgan fingerprint density at radius 1 is 1.43 bits per heavy atom. The van der Waals surface area contributed by atoms with Gasteiger partial charge in [-0.25, -0.2) is 0 Å². The first kappa shape index (κ1) is 16.4. The van der Waals surface area contributed by atoms with Crippen LogP contribution in [-0.2, 0) is 11.2 Å². The minimum atomic E-state index is -0.616. The molecule has 3 heteroatoms. The highest BCUT2D eigenvalue weighted by Gasteiger charge is 2.57. The van der Waals surface area contributed by atoms with Gasteiger partial charge in [-0.1, -0.05) is 25.5 Å². The van der Waals surface area contributed by atoms with Crippen molar-refractivity contribution in [1.82, 2.24) is 0 Å². The van der Waals surface area contributed by atoms with Crippen LogP contribution >= 0.6 is 0 Å². The fourth-order valence-electron chi connectivity index (χ4n) is 5.48. The Labute approximate surface area is 138 Å². The van der Waals surface area contributed by atoms with Gasteiger partial charge in [0.2, 0.25) is 0 Å².